The van der Waals surface area contributed by atoms with Crippen LogP contribution in [-0.4, -0.2) is 64.3 Å². The number of carbonyl (C=O) groups excluding carboxylic acids is 2. The average Bonchev–Trinajstić information content (AvgIpc) is 3.33. The molecule has 1 unspecified atom stereocenters. The van der Waals surface area contributed by atoms with Crippen molar-refractivity contribution in [1.82, 2.24) is 25.1 Å². The van der Waals surface area contributed by atoms with Gasteiger partial charge >= 0.3 is 0 Å². The van der Waals surface area contributed by atoms with Gasteiger partial charge in [0.15, 0.2) is 0 Å². The highest BCUT2D eigenvalue weighted by molar-refractivity contribution is 5.94. The molecule has 2 aliphatic rings. The molecule has 1 aromatic heterocycles. The number of benzene rings is 1. The summed E-state index contributed by atoms with van der Waals surface area (Å²) in [6.45, 7) is 6.34. The van der Waals surface area contributed by atoms with E-state index in [9.17, 15) is 9.59 Å². The lowest BCUT2D eigenvalue weighted by Crippen LogP contribution is -2.43. The molecule has 7 nitrogen and oxygen atoms in total. The first kappa shape index (κ1) is 21.4. The van der Waals surface area contributed by atoms with Crippen LogP contribution in [0.25, 0.3) is 0 Å². The van der Waals surface area contributed by atoms with E-state index in [1.165, 1.54) is 0 Å². The molecule has 31 heavy (non-hydrogen) atoms. The van der Waals surface area contributed by atoms with E-state index in [4.69, 9.17) is 0 Å². The summed E-state index contributed by atoms with van der Waals surface area (Å²) in [4.78, 5) is 38.5. The highest BCUT2D eigenvalue weighted by Crippen LogP contribution is 2.25. The predicted octanol–water partition coefficient (Wildman–Crippen LogP) is 2.52. The summed E-state index contributed by atoms with van der Waals surface area (Å²) < 4.78 is 0. The standard InChI is InChI=1S/C24H31N5O2/c1-18-21(24(31)26-14-19-8-3-2-4-9-19)15-25-23(27-18)20-10-7-11-28(16-20)17-22(30)29-12-5-6-13-29/h2-4,8-9,15,20H,5-7,10-14,16-17H2,1H3,(H,26,31). The minimum Gasteiger partial charge on any atom is -0.348 e. The van der Waals surface area contributed by atoms with Crippen LogP contribution in [0.15, 0.2) is 36.5 Å². The number of nitrogens with one attached hydrogen (secondary N) is 1. The van der Waals surface area contributed by atoms with Crippen molar-refractivity contribution in [3.63, 3.8) is 0 Å². The van der Waals surface area contributed by atoms with E-state index in [-0.39, 0.29) is 17.7 Å². The van der Waals surface area contributed by atoms with Crippen molar-refractivity contribution in [2.45, 2.75) is 45.1 Å². The van der Waals surface area contributed by atoms with Crippen molar-refractivity contribution in [1.29, 1.82) is 0 Å². The summed E-state index contributed by atoms with van der Waals surface area (Å²) in [5, 5.41) is 2.94. The van der Waals surface area contributed by atoms with Gasteiger partial charge in [0.1, 0.15) is 5.82 Å². The lowest BCUT2D eigenvalue weighted by atomic mass is 9.97. The third kappa shape index (κ3) is 5.47. The molecule has 4 rings (SSSR count). The summed E-state index contributed by atoms with van der Waals surface area (Å²) in [5.41, 5.74) is 2.26. The Kier molecular flexibility index (Phi) is 6.92. The molecule has 164 valence electrons. The van der Waals surface area contributed by atoms with Gasteiger partial charge in [0, 0.05) is 38.3 Å². The number of aromatic nitrogens is 2. The molecule has 1 N–H and O–H groups in total. The van der Waals surface area contributed by atoms with E-state index < -0.39 is 0 Å². The van der Waals surface area contributed by atoms with Gasteiger partial charge in [-0.25, -0.2) is 9.97 Å². The Bertz CT molecular complexity index is 911. The van der Waals surface area contributed by atoms with Crippen LogP contribution in [0.3, 0.4) is 0 Å². The molecule has 0 spiro atoms. The normalized spacial score (nSPS) is 19.4. The van der Waals surface area contributed by atoms with Crippen LogP contribution >= 0.6 is 0 Å². The van der Waals surface area contributed by atoms with Crippen molar-refractivity contribution < 1.29 is 9.59 Å². The summed E-state index contributed by atoms with van der Waals surface area (Å²) in [6.07, 6.45) is 5.92. The lowest BCUT2D eigenvalue weighted by Gasteiger charge is -2.32. The molecule has 0 aliphatic carbocycles. The average molecular weight is 422 g/mol. The SMILES string of the molecule is Cc1nc(C2CCCN(CC(=O)N3CCCC3)C2)ncc1C(=O)NCc1ccccc1. The van der Waals surface area contributed by atoms with E-state index in [2.05, 4.69) is 20.2 Å². The first-order valence-electron chi connectivity index (χ1n) is 11.3. The minimum absolute atomic E-state index is 0.158. The second-order valence-corrected chi connectivity index (χ2v) is 8.56. The fourth-order valence-electron chi connectivity index (χ4n) is 4.45. The number of carbonyl (C=O) groups is 2. The molecule has 2 aromatic rings. The number of hydrogen-bond donors (Lipinski definition) is 1. The fraction of sp³-hybridized carbons (Fsp3) is 0.500. The number of likely N-dealkylation sites (tertiary alicyclic amines) is 2. The number of rotatable bonds is 6. The Hall–Kier alpha value is -2.80. The van der Waals surface area contributed by atoms with Crippen LogP contribution < -0.4 is 5.32 Å². The predicted molar refractivity (Wildman–Crippen MR) is 119 cm³/mol. The maximum atomic E-state index is 12.6. The molecule has 2 amide bonds. The smallest absolute Gasteiger partial charge is 0.254 e. The first-order valence-corrected chi connectivity index (χ1v) is 11.3. The first-order chi connectivity index (χ1) is 15.1. The van der Waals surface area contributed by atoms with Gasteiger partial charge in [-0.05, 0) is 44.7 Å². The number of hydrogen-bond acceptors (Lipinski definition) is 5. The molecule has 2 fully saturated rings. The highest BCUT2D eigenvalue weighted by Gasteiger charge is 2.27. The summed E-state index contributed by atoms with van der Waals surface area (Å²) in [5.74, 6) is 1.05. The van der Waals surface area contributed by atoms with Crippen molar-refractivity contribution >= 4 is 11.8 Å². The second-order valence-electron chi connectivity index (χ2n) is 8.56. The van der Waals surface area contributed by atoms with Crippen LogP contribution in [0, 0.1) is 6.92 Å². The Morgan fingerprint density at radius 1 is 1.10 bits per heavy atom. The lowest BCUT2D eigenvalue weighted by molar-refractivity contribution is -0.131. The van der Waals surface area contributed by atoms with Crippen molar-refractivity contribution in [3.05, 3.63) is 59.2 Å². The molecule has 2 saturated heterocycles. The van der Waals surface area contributed by atoms with Crippen LogP contribution in [0.4, 0.5) is 0 Å². The van der Waals surface area contributed by atoms with Gasteiger partial charge in [-0.3, -0.25) is 14.5 Å². The zero-order valence-corrected chi connectivity index (χ0v) is 18.2. The molecule has 0 saturated carbocycles. The molecular weight excluding hydrogens is 390 g/mol. The highest BCUT2D eigenvalue weighted by atomic mass is 16.2. The quantitative estimate of drug-likeness (QED) is 0.775. The van der Waals surface area contributed by atoms with E-state index in [1.807, 2.05) is 42.2 Å². The van der Waals surface area contributed by atoms with E-state index in [1.54, 1.807) is 6.20 Å². The van der Waals surface area contributed by atoms with Crippen molar-refractivity contribution in [2.75, 3.05) is 32.7 Å². The van der Waals surface area contributed by atoms with Gasteiger partial charge in [-0.15, -0.1) is 0 Å². The van der Waals surface area contributed by atoms with Crippen LogP contribution in [-0.2, 0) is 11.3 Å². The molecule has 7 heteroatoms. The Morgan fingerprint density at radius 3 is 2.61 bits per heavy atom. The minimum atomic E-state index is -0.158. The Labute approximate surface area is 183 Å². The third-order valence-corrected chi connectivity index (χ3v) is 6.23. The van der Waals surface area contributed by atoms with Crippen LogP contribution in [0.2, 0.25) is 0 Å². The summed E-state index contributed by atoms with van der Waals surface area (Å²) in [6, 6.07) is 9.83. The second kappa shape index (κ2) is 10.0. The number of aryl methyl sites for hydroxylation is 1. The molecule has 1 atom stereocenters. The third-order valence-electron chi connectivity index (χ3n) is 6.23. The topological polar surface area (TPSA) is 78.4 Å². The molecule has 3 heterocycles. The number of amides is 2. The van der Waals surface area contributed by atoms with Crippen LogP contribution in [0.5, 0.6) is 0 Å². The van der Waals surface area contributed by atoms with Gasteiger partial charge in [-0.1, -0.05) is 30.3 Å². The monoisotopic (exact) mass is 421 g/mol. The Morgan fingerprint density at radius 2 is 1.87 bits per heavy atom. The maximum Gasteiger partial charge on any atom is 0.254 e. The Balaban J connectivity index is 1.35. The number of nitrogens with zero attached hydrogens (tertiary/aromatic N) is 4. The van der Waals surface area contributed by atoms with Gasteiger partial charge < -0.3 is 10.2 Å². The zero-order chi connectivity index (χ0) is 21.6. The van der Waals surface area contributed by atoms with E-state index >= 15 is 0 Å². The molecule has 1 aromatic carbocycles. The van der Waals surface area contributed by atoms with Gasteiger partial charge in [-0.2, -0.15) is 0 Å². The summed E-state index contributed by atoms with van der Waals surface area (Å²) >= 11 is 0. The fourth-order valence-corrected chi connectivity index (χ4v) is 4.45. The largest absolute Gasteiger partial charge is 0.348 e. The van der Waals surface area contributed by atoms with Crippen molar-refractivity contribution in [3.8, 4) is 0 Å². The number of piperidine rings is 1. The molecule has 0 radical (unpaired) electrons. The molecular formula is C24H31N5O2. The van der Waals surface area contributed by atoms with E-state index in [0.717, 1.165) is 63.3 Å². The van der Waals surface area contributed by atoms with Gasteiger partial charge in [0.25, 0.3) is 5.91 Å². The zero-order valence-electron chi connectivity index (χ0n) is 18.2. The van der Waals surface area contributed by atoms with Crippen molar-refractivity contribution in [2.24, 2.45) is 0 Å². The van der Waals surface area contributed by atoms with Gasteiger partial charge in [0.05, 0.1) is 17.8 Å². The molecule has 0 bridgehead atoms. The van der Waals surface area contributed by atoms with E-state index in [0.29, 0.717) is 24.3 Å². The maximum absolute atomic E-state index is 12.6. The van der Waals surface area contributed by atoms with Gasteiger partial charge in [0.2, 0.25) is 5.91 Å². The summed E-state index contributed by atoms with van der Waals surface area (Å²) in [7, 11) is 0. The van der Waals surface area contributed by atoms with Crippen LogP contribution in [0.1, 0.15) is 59.0 Å². The molecule has 2 aliphatic heterocycles.